The Bertz CT molecular complexity index is 475. The predicted octanol–water partition coefficient (Wildman–Crippen LogP) is 3.94. The Morgan fingerprint density at radius 1 is 1.00 bits per heavy atom. The van der Waals surface area contributed by atoms with Crippen molar-refractivity contribution in [1.82, 2.24) is 4.98 Å². The minimum atomic E-state index is 0.560. The molecule has 0 amide bonds. The first-order valence-electron chi connectivity index (χ1n) is 5.64. The van der Waals surface area contributed by atoms with Gasteiger partial charge in [0.15, 0.2) is 0 Å². The number of hydrogen-bond acceptors (Lipinski definition) is 3. The zero-order valence-electron chi connectivity index (χ0n) is 10.1. The summed E-state index contributed by atoms with van der Waals surface area (Å²) in [6.45, 7) is 4.40. The Kier molecular flexibility index (Phi) is 3.69. The highest BCUT2D eigenvalue weighted by Gasteiger charge is 2.01. The average molecular weight is 244 g/mol. The number of hydrogen-bond donors (Lipinski definition) is 1. The van der Waals surface area contributed by atoms with Crippen molar-refractivity contribution in [3.63, 3.8) is 0 Å². The Balaban J connectivity index is 2.11. The van der Waals surface area contributed by atoms with E-state index in [1.54, 1.807) is 18.0 Å². The van der Waals surface area contributed by atoms with E-state index >= 15 is 0 Å². The first-order valence-corrected chi connectivity index (χ1v) is 6.46. The number of nitrogens with zero attached hydrogens (tertiary/aromatic N) is 1. The van der Waals surface area contributed by atoms with Gasteiger partial charge >= 0.3 is 0 Å². The summed E-state index contributed by atoms with van der Waals surface area (Å²) in [5.74, 6) is 1.14. The number of rotatable bonds is 3. The number of nitrogen functional groups attached to an aromatic ring is 1. The van der Waals surface area contributed by atoms with Crippen molar-refractivity contribution in [3.8, 4) is 0 Å². The van der Waals surface area contributed by atoms with Crippen LogP contribution in [0, 0.1) is 0 Å². The Morgan fingerprint density at radius 2 is 1.65 bits per heavy atom. The molecule has 1 aromatic carbocycles. The lowest BCUT2D eigenvalue weighted by Crippen LogP contribution is -1.88. The van der Waals surface area contributed by atoms with Crippen molar-refractivity contribution >= 4 is 17.6 Å². The van der Waals surface area contributed by atoms with Crippen LogP contribution in [0.3, 0.4) is 0 Å². The number of anilines is 1. The molecule has 0 aliphatic heterocycles. The fourth-order valence-electron chi connectivity index (χ4n) is 1.51. The second-order valence-electron chi connectivity index (χ2n) is 4.24. The number of benzene rings is 1. The van der Waals surface area contributed by atoms with Crippen molar-refractivity contribution in [2.45, 2.75) is 29.6 Å². The van der Waals surface area contributed by atoms with E-state index in [9.17, 15) is 0 Å². The molecule has 0 radical (unpaired) electrons. The molecule has 2 rings (SSSR count). The van der Waals surface area contributed by atoms with E-state index in [0.29, 0.717) is 11.7 Å². The van der Waals surface area contributed by atoms with Gasteiger partial charge < -0.3 is 5.73 Å². The van der Waals surface area contributed by atoms with Crippen LogP contribution in [-0.4, -0.2) is 4.98 Å². The third-order valence-corrected chi connectivity index (χ3v) is 3.53. The van der Waals surface area contributed by atoms with E-state index in [1.807, 2.05) is 12.1 Å². The van der Waals surface area contributed by atoms with Gasteiger partial charge in [0.2, 0.25) is 0 Å². The zero-order valence-corrected chi connectivity index (χ0v) is 10.9. The maximum Gasteiger partial charge on any atom is 0.123 e. The summed E-state index contributed by atoms with van der Waals surface area (Å²) in [5.41, 5.74) is 6.92. The molecule has 88 valence electrons. The monoisotopic (exact) mass is 244 g/mol. The molecule has 0 bridgehead atoms. The predicted molar refractivity (Wildman–Crippen MR) is 73.3 cm³/mol. The molecule has 3 heteroatoms. The van der Waals surface area contributed by atoms with E-state index < -0.39 is 0 Å². The average Bonchev–Trinajstić information content (AvgIpc) is 2.33. The van der Waals surface area contributed by atoms with Crippen LogP contribution in [0.4, 0.5) is 5.82 Å². The van der Waals surface area contributed by atoms with Gasteiger partial charge in [-0.25, -0.2) is 4.98 Å². The summed E-state index contributed by atoms with van der Waals surface area (Å²) in [6.07, 6.45) is 1.80. The van der Waals surface area contributed by atoms with Gasteiger partial charge in [0, 0.05) is 16.0 Å². The van der Waals surface area contributed by atoms with E-state index in [2.05, 4.69) is 43.1 Å². The van der Waals surface area contributed by atoms with Crippen LogP contribution in [0.25, 0.3) is 0 Å². The second-order valence-corrected chi connectivity index (χ2v) is 5.39. The molecule has 0 fully saturated rings. The highest BCUT2D eigenvalue weighted by atomic mass is 32.2. The Hall–Kier alpha value is -1.48. The summed E-state index contributed by atoms with van der Waals surface area (Å²) >= 11 is 1.70. The zero-order chi connectivity index (χ0) is 12.3. The van der Waals surface area contributed by atoms with Crippen LogP contribution in [0.1, 0.15) is 25.3 Å². The molecule has 2 N–H and O–H groups in total. The molecule has 0 spiro atoms. The van der Waals surface area contributed by atoms with Gasteiger partial charge in [0.05, 0.1) is 0 Å². The summed E-state index contributed by atoms with van der Waals surface area (Å²) in [4.78, 5) is 6.41. The fourth-order valence-corrected chi connectivity index (χ4v) is 2.29. The lowest BCUT2D eigenvalue weighted by Gasteiger charge is -2.06. The Labute approximate surface area is 106 Å². The molecule has 2 nitrogen and oxygen atoms in total. The topological polar surface area (TPSA) is 38.9 Å². The SMILES string of the molecule is CC(C)c1ccc(Sc2ccc(N)nc2)cc1. The Morgan fingerprint density at radius 3 is 2.18 bits per heavy atom. The third kappa shape index (κ3) is 3.24. The molecule has 17 heavy (non-hydrogen) atoms. The molecule has 0 saturated carbocycles. The normalized spacial score (nSPS) is 10.8. The van der Waals surface area contributed by atoms with Gasteiger partial charge in [-0.1, -0.05) is 37.7 Å². The molecule has 0 unspecified atom stereocenters. The number of nitrogens with two attached hydrogens (primary N) is 1. The van der Waals surface area contributed by atoms with Crippen LogP contribution in [0.5, 0.6) is 0 Å². The quantitative estimate of drug-likeness (QED) is 0.888. The van der Waals surface area contributed by atoms with Gasteiger partial charge in [-0.15, -0.1) is 0 Å². The van der Waals surface area contributed by atoms with Gasteiger partial charge in [-0.05, 0) is 35.7 Å². The maximum atomic E-state index is 5.55. The minimum absolute atomic E-state index is 0.560. The molecule has 0 aliphatic carbocycles. The standard InChI is InChI=1S/C14H16N2S/c1-10(2)11-3-5-12(6-4-11)17-13-7-8-14(15)16-9-13/h3-10H,1-2H3,(H2,15,16). The summed E-state index contributed by atoms with van der Waals surface area (Å²) < 4.78 is 0. The first kappa shape index (κ1) is 12.0. The van der Waals surface area contributed by atoms with Crippen molar-refractivity contribution < 1.29 is 0 Å². The minimum Gasteiger partial charge on any atom is -0.384 e. The van der Waals surface area contributed by atoms with Crippen LogP contribution in [0.15, 0.2) is 52.4 Å². The third-order valence-electron chi connectivity index (χ3n) is 2.54. The molecule has 2 aromatic rings. The summed E-state index contributed by atoms with van der Waals surface area (Å²) in [7, 11) is 0. The maximum absolute atomic E-state index is 5.55. The molecular weight excluding hydrogens is 228 g/mol. The molecule has 0 atom stereocenters. The van der Waals surface area contributed by atoms with Crippen molar-refractivity contribution in [1.29, 1.82) is 0 Å². The first-order chi connectivity index (χ1) is 8.15. The highest BCUT2D eigenvalue weighted by molar-refractivity contribution is 7.99. The van der Waals surface area contributed by atoms with E-state index in [-0.39, 0.29) is 0 Å². The van der Waals surface area contributed by atoms with Crippen molar-refractivity contribution in [3.05, 3.63) is 48.2 Å². The molecule has 1 heterocycles. The van der Waals surface area contributed by atoms with Crippen LogP contribution in [-0.2, 0) is 0 Å². The smallest absolute Gasteiger partial charge is 0.123 e. The number of pyridine rings is 1. The summed E-state index contributed by atoms with van der Waals surface area (Å²) in [5, 5.41) is 0. The van der Waals surface area contributed by atoms with Crippen LogP contribution in [0.2, 0.25) is 0 Å². The van der Waals surface area contributed by atoms with E-state index in [0.717, 1.165) is 4.90 Å². The van der Waals surface area contributed by atoms with Crippen molar-refractivity contribution in [2.24, 2.45) is 0 Å². The number of aromatic nitrogens is 1. The summed E-state index contributed by atoms with van der Waals surface area (Å²) in [6, 6.07) is 12.5. The lowest BCUT2D eigenvalue weighted by molar-refractivity contribution is 0.865. The fraction of sp³-hybridized carbons (Fsp3) is 0.214. The molecule has 1 aromatic heterocycles. The molecule has 0 saturated heterocycles. The van der Waals surface area contributed by atoms with Crippen molar-refractivity contribution in [2.75, 3.05) is 5.73 Å². The van der Waals surface area contributed by atoms with Gasteiger partial charge in [-0.3, -0.25) is 0 Å². The van der Waals surface area contributed by atoms with Crippen LogP contribution < -0.4 is 5.73 Å². The second kappa shape index (κ2) is 5.23. The van der Waals surface area contributed by atoms with Gasteiger partial charge in [0.25, 0.3) is 0 Å². The van der Waals surface area contributed by atoms with Gasteiger partial charge in [0.1, 0.15) is 5.82 Å². The van der Waals surface area contributed by atoms with E-state index in [1.165, 1.54) is 10.5 Å². The van der Waals surface area contributed by atoms with E-state index in [4.69, 9.17) is 5.73 Å². The van der Waals surface area contributed by atoms with Gasteiger partial charge in [-0.2, -0.15) is 0 Å². The highest BCUT2D eigenvalue weighted by Crippen LogP contribution is 2.28. The largest absolute Gasteiger partial charge is 0.384 e. The molecule has 0 aliphatic rings. The molecular formula is C14H16N2S. The lowest BCUT2D eigenvalue weighted by atomic mass is 10.0. The van der Waals surface area contributed by atoms with Crippen LogP contribution >= 0.6 is 11.8 Å².